The third-order valence-electron chi connectivity index (χ3n) is 6.24. The summed E-state index contributed by atoms with van der Waals surface area (Å²) in [6.45, 7) is 11.6. The summed E-state index contributed by atoms with van der Waals surface area (Å²) in [4.78, 5) is 16.4. The van der Waals surface area contributed by atoms with Gasteiger partial charge in [-0.1, -0.05) is 57.2 Å². The number of hydrogen-bond donors (Lipinski definition) is 2. The largest absolute Gasteiger partial charge is 0.358 e. The van der Waals surface area contributed by atoms with Crippen molar-refractivity contribution < 1.29 is 4.79 Å². The number of allylic oxidation sites excluding steroid dienone is 7. The minimum absolute atomic E-state index is 0.0903. The van der Waals surface area contributed by atoms with Gasteiger partial charge in [0.1, 0.15) is 5.01 Å². The number of nitrogens with zero attached hydrogens (tertiary/aromatic N) is 2. The summed E-state index contributed by atoms with van der Waals surface area (Å²) in [5.41, 5.74) is 12.4. The summed E-state index contributed by atoms with van der Waals surface area (Å²) in [6.07, 6.45) is 16.1. The predicted octanol–water partition coefficient (Wildman–Crippen LogP) is 7.11. The van der Waals surface area contributed by atoms with Gasteiger partial charge in [-0.2, -0.15) is 5.26 Å². The number of amides is 1. The van der Waals surface area contributed by atoms with E-state index in [9.17, 15) is 10.1 Å². The molecular weight excluding hydrogens is 476 g/mol. The number of nitriles is 1. The van der Waals surface area contributed by atoms with Crippen LogP contribution in [0.5, 0.6) is 0 Å². The van der Waals surface area contributed by atoms with Gasteiger partial charge in [-0.3, -0.25) is 4.79 Å². The maximum absolute atomic E-state index is 10.5. The van der Waals surface area contributed by atoms with Crippen LogP contribution in [0.4, 0.5) is 0 Å². The van der Waals surface area contributed by atoms with Crippen LogP contribution in [0.1, 0.15) is 68.9 Å². The molecule has 0 aliphatic heterocycles. The van der Waals surface area contributed by atoms with E-state index in [-0.39, 0.29) is 11.9 Å². The van der Waals surface area contributed by atoms with Crippen LogP contribution in [-0.4, -0.2) is 24.0 Å². The normalized spacial score (nSPS) is 14.7. The Morgan fingerprint density at radius 2 is 2.08 bits per heavy atom. The lowest BCUT2D eigenvalue weighted by Crippen LogP contribution is -2.37. The summed E-state index contributed by atoms with van der Waals surface area (Å²) in [6, 6.07) is 7.93. The van der Waals surface area contributed by atoms with E-state index >= 15 is 0 Å². The summed E-state index contributed by atoms with van der Waals surface area (Å²) < 4.78 is 0. The molecule has 6 heteroatoms. The average molecular weight is 517 g/mol. The lowest BCUT2D eigenvalue weighted by atomic mass is 10.0. The highest BCUT2D eigenvalue weighted by molar-refractivity contribution is 7.16. The molecule has 0 spiro atoms. The number of nitrogens with two attached hydrogens (primary N) is 1. The van der Waals surface area contributed by atoms with E-state index in [1.54, 1.807) is 18.4 Å². The molecule has 2 aliphatic carbocycles. The topological polar surface area (TPSA) is 91.8 Å². The van der Waals surface area contributed by atoms with Crippen molar-refractivity contribution in [2.24, 2.45) is 11.7 Å². The van der Waals surface area contributed by atoms with Crippen LogP contribution in [0.15, 0.2) is 66.4 Å². The molecule has 1 atom stereocenters. The number of fused-ring (bicyclic) bond motifs is 1. The number of aryl methyl sites for hydroxylation is 1. The molecule has 1 heterocycles. The van der Waals surface area contributed by atoms with Crippen LogP contribution in [0.2, 0.25) is 0 Å². The first-order valence-corrected chi connectivity index (χ1v) is 13.7. The quantitative estimate of drug-likeness (QED) is 0.414. The lowest BCUT2D eigenvalue weighted by molar-refractivity contribution is -0.121. The molecule has 1 fully saturated rings. The molecule has 2 aromatic rings. The Morgan fingerprint density at radius 3 is 2.68 bits per heavy atom. The number of hydrogen-bond acceptors (Lipinski definition) is 5. The Hall–Kier alpha value is -3.27. The van der Waals surface area contributed by atoms with Crippen molar-refractivity contribution in [2.45, 2.75) is 65.8 Å². The summed E-state index contributed by atoms with van der Waals surface area (Å²) in [5, 5.41) is 12.7. The number of benzene rings is 1. The summed E-state index contributed by atoms with van der Waals surface area (Å²) in [7, 11) is 1.58. The second kappa shape index (κ2) is 15.1. The number of nitrogens with one attached hydrogen (secondary N) is 1. The number of rotatable bonds is 5. The van der Waals surface area contributed by atoms with Crippen LogP contribution in [0.25, 0.3) is 16.1 Å². The minimum Gasteiger partial charge on any atom is -0.358 e. The van der Waals surface area contributed by atoms with Crippen molar-refractivity contribution in [3.63, 3.8) is 0 Å². The van der Waals surface area contributed by atoms with Gasteiger partial charge in [0.15, 0.2) is 0 Å². The molecule has 1 aromatic carbocycles. The number of carbonyl (C=O) groups is 1. The summed E-state index contributed by atoms with van der Waals surface area (Å²) in [5.74, 6) is 0.558. The highest BCUT2D eigenvalue weighted by Gasteiger charge is 2.20. The van der Waals surface area contributed by atoms with E-state index in [0.717, 1.165) is 28.1 Å². The van der Waals surface area contributed by atoms with E-state index in [2.05, 4.69) is 61.1 Å². The van der Waals surface area contributed by atoms with Crippen molar-refractivity contribution in [3.05, 3.63) is 82.4 Å². The first kappa shape index (κ1) is 30.0. The maximum atomic E-state index is 10.5. The van der Waals surface area contributed by atoms with Gasteiger partial charge in [0, 0.05) is 18.8 Å². The van der Waals surface area contributed by atoms with E-state index in [0.29, 0.717) is 12.3 Å². The Bertz CT molecular complexity index is 1210. The minimum atomic E-state index is -0.333. The molecule has 0 saturated heterocycles. The second-order valence-electron chi connectivity index (χ2n) is 9.39. The number of carbonyl (C=O) groups excluding carboxylic acids is 1. The van der Waals surface area contributed by atoms with E-state index < -0.39 is 0 Å². The fourth-order valence-electron chi connectivity index (χ4n) is 3.81. The third-order valence-corrected chi connectivity index (χ3v) is 7.32. The summed E-state index contributed by atoms with van der Waals surface area (Å²) >= 11 is 1.72. The van der Waals surface area contributed by atoms with Crippen LogP contribution in [-0.2, 0) is 4.79 Å². The molecule has 1 unspecified atom stereocenters. The fraction of sp³-hybridized carbons (Fsp3) is 0.387. The van der Waals surface area contributed by atoms with Crippen molar-refractivity contribution >= 4 is 22.8 Å². The molecule has 37 heavy (non-hydrogen) atoms. The molecule has 1 aromatic heterocycles. The smallest absolute Gasteiger partial charge is 0.236 e. The van der Waals surface area contributed by atoms with Crippen molar-refractivity contribution in [1.82, 2.24) is 10.3 Å². The molecule has 0 bridgehead atoms. The molecule has 5 nitrogen and oxygen atoms in total. The predicted molar refractivity (Wildman–Crippen MR) is 157 cm³/mol. The molecule has 3 N–H and O–H groups in total. The molecule has 0 radical (unpaired) electrons. The van der Waals surface area contributed by atoms with E-state index in [1.165, 1.54) is 40.9 Å². The van der Waals surface area contributed by atoms with Gasteiger partial charge in [-0.05, 0) is 73.3 Å². The Morgan fingerprint density at radius 1 is 1.35 bits per heavy atom. The zero-order valence-corrected chi connectivity index (χ0v) is 23.6. The third kappa shape index (κ3) is 8.66. The molecule has 1 amide bonds. The van der Waals surface area contributed by atoms with Gasteiger partial charge in [0.05, 0.1) is 22.6 Å². The molecule has 4 rings (SSSR count). The second-order valence-corrected chi connectivity index (χ2v) is 10.4. The SMILES string of the molecule is C=CC(C)C.CCC(N)C(=O)NC.Cc1ccc(-c2ncc(C3=C4CCCC4=CCC=C3)s2)cc1C#N. The van der Waals surface area contributed by atoms with Crippen molar-refractivity contribution in [1.29, 1.82) is 5.26 Å². The highest BCUT2D eigenvalue weighted by atomic mass is 32.1. The zero-order chi connectivity index (χ0) is 27.4. The standard InChI is InChI=1S/C21H18N2S.C5H12N2O.C5H10/c1-14-9-10-16(11-17(14)12-22)21-23-13-20(24-21)19-7-3-2-5-15-6-4-8-18(15)19;1-3-4(6)5(8)7-2;1-4-5(2)3/h3,5,7,9-11,13H,2,4,6,8H2,1H3;4H,3,6H2,1-2H3,(H,7,8);4-5H,1H2,2-3H3. The van der Waals surface area contributed by atoms with E-state index in [4.69, 9.17) is 5.73 Å². The molecular formula is C31H40N4OS. The Kier molecular flexibility index (Phi) is 12.2. The molecule has 2 aliphatic rings. The fourth-order valence-corrected chi connectivity index (χ4v) is 4.77. The first-order valence-electron chi connectivity index (χ1n) is 12.9. The maximum Gasteiger partial charge on any atom is 0.236 e. The van der Waals surface area contributed by atoms with Crippen LogP contribution in [0, 0.1) is 24.2 Å². The molecule has 196 valence electrons. The average Bonchev–Trinajstić information content (AvgIpc) is 3.55. The van der Waals surface area contributed by atoms with Crippen LogP contribution >= 0.6 is 11.3 Å². The van der Waals surface area contributed by atoms with Gasteiger partial charge in [0.2, 0.25) is 5.91 Å². The number of likely N-dealkylation sites (N-methyl/N-ethyl adjacent to an activating group) is 1. The van der Waals surface area contributed by atoms with Crippen molar-refractivity contribution in [3.8, 4) is 16.6 Å². The van der Waals surface area contributed by atoms with Gasteiger partial charge in [0.25, 0.3) is 0 Å². The van der Waals surface area contributed by atoms with Crippen LogP contribution < -0.4 is 11.1 Å². The van der Waals surface area contributed by atoms with E-state index in [1.807, 2.05) is 38.3 Å². The lowest BCUT2D eigenvalue weighted by Gasteiger charge is -2.05. The van der Waals surface area contributed by atoms with Crippen LogP contribution in [0.3, 0.4) is 0 Å². The Balaban J connectivity index is 0.000000309. The number of aromatic nitrogens is 1. The first-order chi connectivity index (χ1) is 17.7. The van der Waals surface area contributed by atoms with Gasteiger partial charge in [-0.15, -0.1) is 17.9 Å². The Labute approximate surface area is 226 Å². The van der Waals surface area contributed by atoms with Gasteiger partial charge < -0.3 is 11.1 Å². The van der Waals surface area contributed by atoms with Gasteiger partial charge in [-0.25, -0.2) is 4.98 Å². The zero-order valence-electron chi connectivity index (χ0n) is 22.8. The molecule has 1 saturated carbocycles. The van der Waals surface area contributed by atoms with Crippen molar-refractivity contribution in [2.75, 3.05) is 7.05 Å². The monoisotopic (exact) mass is 516 g/mol. The highest BCUT2D eigenvalue weighted by Crippen LogP contribution is 2.41. The van der Waals surface area contributed by atoms with Gasteiger partial charge >= 0.3 is 0 Å². The number of thiazole rings is 1.